The van der Waals surface area contributed by atoms with E-state index in [1.807, 2.05) is 26.8 Å². The zero-order chi connectivity index (χ0) is 17.1. The predicted molar refractivity (Wildman–Crippen MR) is 89.0 cm³/mol. The lowest BCUT2D eigenvalue weighted by molar-refractivity contribution is 0.229. The summed E-state index contributed by atoms with van der Waals surface area (Å²) in [6.45, 7) is 5.70. The van der Waals surface area contributed by atoms with Crippen LogP contribution in [-0.4, -0.2) is 30.8 Å². The second kappa shape index (κ2) is 6.84. The summed E-state index contributed by atoms with van der Waals surface area (Å²) in [5, 5.41) is 4.50. The fourth-order valence-electron chi connectivity index (χ4n) is 2.02. The number of hydrogen-bond acceptors (Lipinski definition) is 6. The van der Waals surface area contributed by atoms with Crippen LogP contribution >= 0.6 is 11.6 Å². The smallest absolute Gasteiger partial charge is 0.229 e. The summed E-state index contributed by atoms with van der Waals surface area (Å²) in [5.41, 5.74) is 1.50. The molecule has 3 rings (SSSR count). The standard InChI is InChI=1S/C16H16ClN5O2/c1-10(2)23-15-11(3)16(20-8-19-15)24-14-5-4-12(6-13(14)17)22-9-18-7-21-22/h4-10H,1-3H3. The SMILES string of the molecule is Cc1c(Oc2ccc(-n3cncn3)cc2Cl)ncnc1OC(C)C. The summed E-state index contributed by atoms with van der Waals surface area (Å²) in [5.74, 6) is 1.37. The minimum atomic E-state index is 0.0111. The maximum atomic E-state index is 6.31. The quantitative estimate of drug-likeness (QED) is 0.703. The van der Waals surface area contributed by atoms with E-state index < -0.39 is 0 Å². The first-order valence-corrected chi connectivity index (χ1v) is 7.73. The van der Waals surface area contributed by atoms with Crippen molar-refractivity contribution in [1.29, 1.82) is 0 Å². The van der Waals surface area contributed by atoms with Crippen LogP contribution in [0.2, 0.25) is 5.02 Å². The van der Waals surface area contributed by atoms with Gasteiger partial charge in [0.15, 0.2) is 0 Å². The van der Waals surface area contributed by atoms with E-state index in [0.717, 1.165) is 5.69 Å². The average Bonchev–Trinajstić information content (AvgIpc) is 3.07. The average molecular weight is 346 g/mol. The Morgan fingerprint density at radius 1 is 1.12 bits per heavy atom. The summed E-state index contributed by atoms with van der Waals surface area (Å²) in [6.07, 6.45) is 4.46. The molecule has 0 spiro atoms. The molecule has 2 aromatic heterocycles. The van der Waals surface area contributed by atoms with Gasteiger partial charge in [-0.25, -0.2) is 19.6 Å². The van der Waals surface area contributed by atoms with Crippen LogP contribution in [0.1, 0.15) is 19.4 Å². The second-order valence-electron chi connectivity index (χ2n) is 5.33. The van der Waals surface area contributed by atoms with Crippen molar-refractivity contribution in [2.24, 2.45) is 0 Å². The highest BCUT2D eigenvalue weighted by Crippen LogP contribution is 2.33. The Hall–Kier alpha value is -2.67. The Labute approximate surface area is 144 Å². The van der Waals surface area contributed by atoms with E-state index in [2.05, 4.69) is 20.1 Å². The maximum absolute atomic E-state index is 6.31. The van der Waals surface area contributed by atoms with Crippen molar-refractivity contribution in [3.05, 3.63) is 47.8 Å². The van der Waals surface area contributed by atoms with E-state index >= 15 is 0 Å². The van der Waals surface area contributed by atoms with E-state index in [1.54, 1.807) is 23.1 Å². The van der Waals surface area contributed by atoms with Gasteiger partial charge in [0.05, 0.1) is 22.4 Å². The van der Waals surface area contributed by atoms with Crippen LogP contribution < -0.4 is 9.47 Å². The number of rotatable bonds is 5. The highest BCUT2D eigenvalue weighted by atomic mass is 35.5. The van der Waals surface area contributed by atoms with Gasteiger partial charge in [-0.2, -0.15) is 5.10 Å². The summed E-state index contributed by atoms with van der Waals surface area (Å²) in [7, 11) is 0. The minimum Gasteiger partial charge on any atom is -0.475 e. The molecule has 0 aliphatic heterocycles. The molecular weight excluding hydrogens is 330 g/mol. The molecule has 0 amide bonds. The third kappa shape index (κ3) is 3.46. The highest BCUT2D eigenvalue weighted by molar-refractivity contribution is 6.32. The molecule has 7 nitrogen and oxygen atoms in total. The number of benzene rings is 1. The lowest BCUT2D eigenvalue weighted by Gasteiger charge is -2.14. The molecule has 0 radical (unpaired) electrons. The molecule has 0 saturated heterocycles. The zero-order valence-corrected chi connectivity index (χ0v) is 14.2. The molecule has 0 saturated carbocycles. The van der Waals surface area contributed by atoms with Gasteiger partial charge in [-0.15, -0.1) is 0 Å². The zero-order valence-electron chi connectivity index (χ0n) is 13.5. The third-order valence-electron chi connectivity index (χ3n) is 3.14. The van der Waals surface area contributed by atoms with E-state index in [0.29, 0.717) is 28.1 Å². The van der Waals surface area contributed by atoms with Crippen molar-refractivity contribution >= 4 is 11.6 Å². The molecular formula is C16H16ClN5O2. The van der Waals surface area contributed by atoms with Crippen LogP contribution in [0.3, 0.4) is 0 Å². The van der Waals surface area contributed by atoms with Crippen LogP contribution in [0.4, 0.5) is 0 Å². The minimum absolute atomic E-state index is 0.0111. The van der Waals surface area contributed by atoms with Crippen LogP contribution in [-0.2, 0) is 0 Å². The highest BCUT2D eigenvalue weighted by Gasteiger charge is 2.13. The Morgan fingerprint density at radius 2 is 1.92 bits per heavy atom. The van der Waals surface area contributed by atoms with Crippen LogP contribution in [0.5, 0.6) is 17.5 Å². The predicted octanol–water partition coefficient (Wildman–Crippen LogP) is 3.60. The lowest BCUT2D eigenvalue weighted by Crippen LogP contribution is -2.09. The number of hydrogen-bond donors (Lipinski definition) is 0. The van der Waals surface area contributed by atoms with Gasteiger partial charge in [-0.05, 0) is 39.0 Å². The van der Waals surface area contributed by atoms with Gasteiger partial charge in [0.25, 0.3) is 0 Å². The number of ether oxygens (including phenoxy) is 2. The monoisotopic (exact) mass is 345 g/mol. The van der Waals surface area contributed by atoms with Crippen molar-refractivity contribution in [2.45, 2.75) is 26.9 Å². The molecule has 0 fully saturated rings. The molecule has 124 valence electrons. The molecule has 8 heteroatoms. The molecule has 0 N–H and O–H groups in total. The maximum Gasteiger partial charge on any atom is 0.229 e. The topological polar surface area (TPSA) is 75.0 Å². The first-order valence-electron chi connectivity index (χ1n) is 7.35. The molecule has 0 atom stereocenters. The molecule has 0 unspecified atom stereocenters. The normalized spacial score (nSPS) is 10.9. The number of aromatic nitrogens is 5. The fourth-order valence-corrected chi connectivity index (χ4v) is 2.24. The van der Waals surface area contributed by atoms with Gasteiger partial charge in [0.2, 0.25) is 11.8 Å². The molecule has 24 heavy (non-hydrogen) atoms. The van der Waals surface area contributed by atoms with Gasteiger partial charge in [0, 0.05) is 0 Å². The van der Waals surface area contributed by atoms with Gasteiger partial charge in [-0.1, -0.05) is 11.6 Å². The van der Waals surface area contributed by atoms with Crippen molar-refractivity contribution in [1.82, 2.24) is 24.7 Å². The number of halogens is 1. The van der Waals surface area contributed by atoms with Gasteiger partial charge in [-0.3, -0.25) is 0 Å². The van der Waals surface area contributed by atoms with Gasteiger partial charge < -0.3 is 9.47 Å². The summed E-state index contributed by atoms with van der Waals surface area (Å²) >= 11 is 6.31. The number of nitrogens with zero attached hydrogens (tertiary/aromatic N) is 5. The van der Waals surface area contributed by atoms with Crippen LogP contribution in [0.25, 0.3) is 5.69 Å². The summed E-state index contributed by atoms with van der Waals surface area (Å²) in [6, 6.07) is 5.33. The lowest BCUT2D eigenvalue weighted by atomic mass is 10.3. The first-order chi connectivity index (χ1) is 11.5. The molecule has 0 aliphatic carbocycles. The Balaban J connectivity index is 1.86. The van der Waals surface area contributed by atoms with Crippen molar-refractivity contribution in [3.8, 4) is 23.2 Å². The Bertz CT molecular complexity index is 836. The summed E-state index contributed by atoms with van der Waals surface area (Å²) in [4.78, 5) is 12.2. The molecule has 3 aromatic rings. The molecule has 0 aliphatic rings. The van der Waals surface area contributed by atoms with Gasteiger partial charge in [0.1, 0.15) is 24.7 Å². The van der Waals surface area contributed by atoms with Crippen LogP contribution in [0, 0.1) is 6.92 Å². The van der Waals surface area contributed by atoms with Crippen molar-refractivity contribution < 1.29 is 9.47 Å². The molecule has 2 heterocycles. The van der Waals surface area contributed by atoms with Gasteiger partial charge >= 0.3 is 0 Å². The molecule has 1 aromatic carbocycles. The van der Waals surface area contributed by atoms with Crippen LogP contribution in [0.15, 0.2) is 37.2 Å². The van der Waals surface area contributed by atoms with E-state index in [1.165, 1.54) is 12.7 Å². The third-order valence-corrected chi connectivity index (χ3v) is 3.44. The second-order valence-corrected chi connectivity index (χ2v) is 5.74. The first kappa shape index (κ1) is 16.2. The largest absolute Gasteiger partial charge is 0.475 e. The molecule has 0 bridgehead atoms. The van der Waals surface area contributed by atoms with E-state index in [4.69, 9.17) is 21.1 Å². The fraction of sp³-hybridized carbons (Fsp3) is 0.250. The van der Waals surface area contributed by atoms with Crippen molar-refractivity contribution in [3.63, 3.8) is 0 Å². The Kier molecular flexibility index (Phi) is 4.61. The summed E-state index contributed by atoms with van der Waals surface area (Å²) < 4.78 is 13.1. The Morgan fingerprint density at radius 3 is 2.58 bits per heavy atom. The van der Waals surface area contributed by atoms with E-state index in [9.17, 15) is 0 Å². The van der Waals surface area contributed by atoms with E-state index in [-0.39, 0.29) is 6.10 Å². The van der Waals surface area contributed by atoms with Crippen molar-refractivity contribution in [2.75, 3.05) is 0 Å².